The predicted octanol–water partition coefficient (Wildman–Crippen LogP) is 4.09. The van der Waals surface area contributed by atoms with Gasteiger partial charge in [0.1, 0.15) is 0 Å². The van der Waals surface area contributed by atoms with E-state index in [9.17, 15) is 4.79 Å². The number of hydrazone groups is 1. The number of nitrogens with one attached hydrogen (secondary N) is 2. The Bertz CT molecular complexity index is 921. The molecule has 0 aliphatic heterocycles. The third kappa shape index (κ3) is 3.61. The van der Waals surface area contributed by atoms with Crippen molar-refractivity contribution < 1.29 is 4.79 Å². The number of hydrogen-bond acceptors (Lipinski definition) is 3. The summed E-state index contributed by atoms with van der Waals surface area (Å²) in [6.45, 7) is 8.11. The van der Waals surface area contributed by atoms with Crippen LogP contribution in [-0.4, -0.2) is 30.2 Å². The molecule has 134 valence electrons. The van der Waals surface area contributed by atoms with Crippen molar-refractivity contribution in [2.45, 2.75) is 20.8 Å². The molecule has 0 aliphatic rings. The zero-order valence-corrected chi connectivity index (χ0v) is 15.4. The number of para-hydroxylation sites is 1. The van der Waals surface area contributed by atoms with Crippen LogP contribution in [0.3, 0.4) is 0 Å². The lowest BCUT2D eigenvalue weighted by molar-refractivity contribution is 0.0955. The molecule has 0 radical (unpaired) electrons. The van der Waals surface area contributed by atoms with E-state index >= 15 is 0 Å². The standard InChI is InChI=1S/C21H24N4O/c1-4-25(5-2)17-12-10-16(11-13-17)21(26)24-22-14-19-15(3)23-20-9-7-6-8-18(19)20/h6-14,23H,4-5H2,1-3H3,(H,24,26)/b22-14+. The number of rotatable bonds is 6. The minimum absolute atomic E-state index is 0.218. The van der Waals surface area contributed by atoms with E-state index in [1.165, 1.54) is 0 Å². The number of nitrogens with zero attached hydrogens (tertiary/aromatic N) is 2. The molecule has 1 amide bonds. The largest absolute Gasteiger partial charge is 0.372 e. The molecule has 0 unspecified atom stereocenters. The Morgan fingerprint density at radius 1 is 1.12 bits per heavy atom. The van der Waals surface area contributed by atoms with Gasteiger partial charge in [-0.1, -0.05) is 18.2 Å². The van der Waals surface area contributed by atoms with Crippen LogP contribution in [0.2, 0.25) is 0 Å². The van der Waals surface area contributed by atoms with Crippen LogP contribution in [0.25, 0.3) is 10.9 Å². The van der Waals surface area contributed by atoms with Crippen LogP contribution in [0, 0.1) is 6.92 Å². The topological polar surface area (TPSA) is 60.5 Å². The van der Waals surface area contributed by atoms with Gasteiger partial charge in [-0.2, -0.15) is 5.10 Å². The minimum Gasteiger partial charge on any atom is -0.372 e. The molecule has 0 saturated heterocycles. The van der Waals surface area contributed by atoms with Crippen molar-refractivity contribution in [3.63, 3.8) is 0 Å². The molecule has 0 saturated carbocycles. The molecule has 26 heavy (non-hydrogen) atoms. The monoisotopic (exact) mass is 348 g/mol. The zero-order valence-electron chi connectivity index (χ0n) is 15.4. The lowest BCUT2D eigenvalue weighted by Crippen LogP contribution is -2.22. The summed E-state index contributed by atoms with van der Waals surface area (Å²) in [5.74, 6) is -0.218. The van der Waals surface area contributed by atoms with E-state index in [0.29, 0.717) is 5.56 Å². The van der Waals surface area contributed by atoms with E-state index in [2.05, 4.69) is 34.3 Å². The van der Waals surface area contributed by atoms with Crippen LogP contribution in [0.4, 0.5) is 5.69 Å². The number of aromatic nitrogens is 1. The van der Waals surface area contributed by atoms with Crippen LogP contribution < -0.4 is 10.3 Å². The molecule has 0 atom stereocenters. The van der Waals surface area contributed by atoms with Crippen LogP contribution in [-0.2, 0) is 0 Å². The normalized spacial score (nSPS) is 11.2. The molecule has 0 aliphatic carbocycles. The average Bonchev–Trinajstić information content (AvgIpc) is 2.99. The molecule has 2 aromatic carbocycles. The van der Waals surface area contributed by atoms with Crippen LogP contribution in [0.15, 0.2) is 53.6 Å². The first kappa shape index (κ1) is 17.7. The highest BCUT2D eigenvalue weighted by atomic mass is 16.2. The van der Waals surface area contributed by atoms with E-state index in [1.54, 1.807) is 6.21 Å². The highest BCUT2D eigenvalue weighted by Crippen LogP contribution is 2.20. The van der Waals surface area contributed by atoms with Crippen LogP contribution in [0.5, 0.6) is 0 Å². The van der Waals surface area contributed by atoms with Gasteiger partial charge in [0.2, 0.25) is 0 Å². The molecule has 5 heteroatoms. The Morgan fingerprint density at radius 3 is 2.50 bits per heavy atom. The van der Waals surface area contributed by atoms with E-state index in [-0.39, 0.29) is 5.91 Å². The van der Waals surface area contributed by atoms with Crippen molar-refractivity contribution in [1.82, 2.24) is 10.4 Å². The second-order valence-electron chi connectivity index (χ2n) is 6.13. The van der Waals surface area contributed by atoms with Gasteiger partial charge in [-0.25, -0.2) is 5.43 Å². The van der Waals surface area contributed by atoms with E-state index in [0.717, 1.165) is 40.9 Å². The van der Waals surface area contributed by atoms with Gasteiger partial charge >= 0.3 is 0 Å². The third-order valence-electron chi connectivity index (χ3n) is 4.56. The maximum Gasteiger partial charge on any atom is 0.271 e. The van der Waals surface area contributed by atoms with E-state index in [1.807, 2.05) is 55.5 Å². The smallest absolute Gasteiger partial charge is 0.271 e. The number of anilines is 1. The minimum atomic E-state index is -0.218. The van der Waals surface area contributed by atoms with Crippen molar-refractivity contribution in [3.05, 3.63) is 65.4 Å². The number of hydrogen-bond donors (Lipinski definition) is 2. The molecule has 0 spiro atoms. The Labute approximate surface area is 153 Å². The van der Waals surface area contributed by atoms with E-state index < -0.39 is 0 Å². The Hall–Kier alpha value is -3.08. The van der Waals surface area contributed by atoms with Crippen molar-refractivity contribution in [3.8, 4) is 0 Å². The van der Waals surface area contributed by atoms with E-state index in [4.69, 9.17) is 0 Å². The third-order valence-corrected chi connectivity index (χ3v) is 4.56. The van der Waals surface area contributed by atoms with Gasteiger partial charge in [-0.15, -0.1) is 0 Å². The molecule has 5 nitrogen and oxygen atoms in total. The van der Waals surface area contributed by atoms with Crippen LogP contribution in [0.1, 0.15) is 35.5 Å². The molecule has 0 bridgehead atoms. The Morgan fingerprint density at radius 2 is 1.81 bits per heavy atom. The van der Waals surface area contributed by atoms with Gasteiger partial charge in [0.25, 0.3) is 5.91 Å². The van der Waals surface area contributed by atoms with Crippen molar-refractivity contribution in [2.75, 3.05) is 18.0 Å². The second kappa shape index (κ2) is 7.87. The number of carbonyl (C=O) groups is 1. The number of aryl methyl sites for hydroxylation is 1. The Balaban J connectivity index is 1.70. The van der Waals surface area contributed by atoms with Crippen molar-refractivity contribution in [2.24, 2.45) is 5.10 Å². The predicted molar refractivity (Wildman–Crippen MR) is 108 cm³/mol. The molecule has 2 N–H and O–H groups in total. The summed E-state index contributed by atoms with van der Waals surface area (Å²) in [5.41, 5.74) is 7.38. The molecule has 0 fully saturated rings. The second-order valence-corrected chi connectivity index (χ2v) is 6.13. The lowest BCUT2D eigenvalue weighted by Gasteiger charge is -2.20. The quantitative estimate of drug-likeness (QED) is 0.521. The number of carbonyl (C=O) groups excluding carboxylic acids is 1. The first-order valence-electron chi connectivity index (χ1n) is 8.89. The fourth-order valence-corrected chi connectivity index (χ4v) is 3.10. The average molecular weight is 348 g/mol. The van der Waals surface area contributed by atoms with Gasteiger partial charge in [-0.05, 0) is 51.1 Å². The molecular formula is C21H24N4O. The number of aromatic amines is 1. The molecule has 1 heterocycles. The summed E-state index contributed by atoms with van der Waals surface area (Å²) >= 11 is 0. The fourth-order valence-electron chi connectivity index (χ4n) is 3.10. The van der Waals surface area contributed by atoms with Gasteiger partial charge < -0.3 is 9.88 Å². The molecular weight excluding hydrogens is 324 g/mol. The molecule has 3 aromatic rings. The highest BCUT2D eigenvalue weighted by molar-refractivity contribution is 6.01. The number of fused-ring (bicyclic) bond motifs is 1. The number of amides is 1. The fraction of sp³-hybridized carbons (Fsp3) is 0.238. The summed E-state index contributed by atoms with van der Waals surface area (Å²) in [6.07, 6.45) is 1.69. The Kier molecular flexibility index (Phi) is 5.37. The first-order chi connectivity index (χ1) is 12.6. The molecule has 3 rings (SSSR count). The maximum absolute atomic E-state index is 12.3. The van der Waals surface area contributed by atoms with Crippen LogP contribution >= 0.6 is 0 Å². The number of benzene rings is 2. The summed E-state index contributed by atoms with van der Waals surface area (Å²) in [4.78, 5) is 17.8. The lowest BCUT2D eigenvalue weighted by atomic mass is 10.1. The summed E-state index contributed by atoms with van der Waals surface area (Å²) in [7, 11) is 0. The SMILES string of the molecule is CCN(CC)c1ccc(C(=O)N/N=C/c2c(C)[nH]c3ccccc23)cc1. The van der Waals surface area contributed by atoms with Gasteiger partial charge in [0.05, 0.1) is 6.21 Å². The van der Waals surface area contributed by atoms with Gasteiger partial charge in [-0.3, -0.25) is 4.79 Å². The summed E-state index contributed by atoms with van der Waals surface area (Å²) < 4.78 is 0. The van der Waals surface area contributed by atoms with Gasteiger partial charge in [0, 0.05) is 46.5 Å². The molecule has 1 aromatic heterocycles. The summed E-state index contributed by atoms with van der Waals surface area (Å²) in [6, 6.07) is 15.6. The maximum atomic E-state index is 12.3. The zero-order chi connectivity index (χ0) is 18.5. The highest BCUT2D eigenvalue weighted by Gasteiger charge is 2.08. The summed E-state index contributed by atoms with van der Waals surface area (Å²) in [5, 5.41) is 5.23. The van der Waals surface area contributed by atoms with Gasteiger partial charge in [0.15, 0.2) is 0 Å². The van der Waals surface area contributed by atoms with Crippen molar-refractivity contribution >= 4 is 28.7 Å². The first-order valence-corrected chi connectivity index (χ1v) is 8.89. The number of H-pyrrole nitrogens is 1. The van der Waals surface area contributed by atoms with Crippen molar-refractivity contribution in [1.29, 1.82) is 0 Å².